The third-order valence-electron chi connectivity index (χ3n) is 2.51. The molecule has 2 atom stereocenters. The number of aliphatic carboxylic acids is 1. The maximum absolute atomic E-state index is 10.6. The lowest BCUT2D eigenvalue weighted by Gasteiger charge is -2.30. The molecular formula is C9H18O2. The molecule has 0 heterocycles. The summed E-state index contributed by atoms with van der Waals surface area (Å²) in [5, 5.41) is 8.72. The van der Waals surface area contributed by atoms with Gasteiger partial charge in [0, 0.05) is 0 Å². The number of carboxylic acids is 1. The van der Waals surface area contributed by atoms with Crippen molar-refractivity contribution in [3.63, 3.8) is 0 Å². The monoisotopic (exact) mass is 158 g/mol. The van der Waals surface area contributed by atoms with Crippen molar-refractivity contribution in [3.8, 4) is 0 Å². The van der Waals surface area contributed by atoms with Gasteiger partial charge in [0.05, 0.1) is 5.92 Å². The Labute approximate surface area is 68.6 Å². The number of hydrogen-bond acceptors (Lipinski definition) is 1. The lowest BCUT2D eigenvalue weighted by molar-refractivity contribution is -0.144. The Kier molecular flexibility index (Phi) is 3.09. The van der Waals surface area contributed by atoms with E-state index in [2.05, 4.69) is 20.8 Å². The zero-order valence-electron chi connectivity index (χ0n) is 8.01. The van der Waals surface area contributed by atoms with Crippen LogP contribution in [0, 0.1) is 17.3 Å². The molecule has 1 N–H and O–H groups in total. The van der Waals surface area contributed by atoms with Gasteiger partial charge in [-0.1, -0.05) is 34.6 Å². The maximum atomic E-state index is 10.6. The van der Waals surface area contributed by atoms with Crippen LogP contribution in [0.5, 0.6) is 0 Å². The van der Waals surface area contributed by atoms with Crippen LogP contribution in [0.15, 0.2) is 0 Å². The molecule has 0 saturated heterocycles. The molecule has 0 radical (unpaired) electrons. The SMILES string of the molecule is CC([C@H](C)C(=O)O)C(C)(C)C. The summed E-state index contributed by atoms with van der Waals surface area (Å²) in [4.78, 5) is 10.6. The van der Waals surface area contributed by atoms with Gasteiger partial charge in [-0.2, -0.15) is 0 Å². The molecule has 0 aliphatic rings. The number of rotatable bonds is 2. The van der Waals surface area contributed by atoms with Gasteiger partial charge >= 0.3 is 5.97 Å². The fourth-order valence-corrected chi connectivity index (χ4v) is 0.964. The molecule has 2 nitrogen and oxygen atoms in total. The quantitative estimate of drug-likeness (QED) is 0.670. The van der Waals surface area contributed by atoms with Crippen LogP contribution in [0.25, 0.3) is 0 Å². The predicted molar refractivity (Wildman–Crippen MR) is 45.4 cm³/mol. The molecule has 0 fully saturated rings. The summed E-state index contributed by atoms with van der Waals surface area (Å²) in [5.74, 6) is -0.748. The second kappa shape index (κ2) is 3.24. The maximum Gasteiger partial charge on any atom is 0.306 e. The van der Waals surface area contributed by atoms with Crippen molar-refractivity contribution in [2.75, 3.05) is 0 Å². The van der Waals surface area contributed by atoms with Crippen LogP contribution in [0.3, 0.4) is 0 Å². The van der Waals surface area contributed by atoms with Gasteiger partial charge in [0.25, 0.3) is 0 Å². The molecule has 11 heavy (non-hydrogen) atoms. The van der Waals surface area contributed by atoms with Crippen LogP contribution < -0.4 is 0 Å². The number of carbonyl (C=O) groups is 1. The fourth-order valence-electron chi connectivity index (χ4n) is 0.964. The summed E-state index contributed by atoms with van der Waals surface area (Å²) in [6.07, 6.45) is 0. The van der Waals surface area contributed by atoms with Crippen LogP contribution in [-0.2, 0) is 4.79 Å². The van der Waals surface area contributed by atoms with Gasteiger partial charge in [0.1, 0.15) is 0 Å². The number of hydrogen-bond donors (Lipinski definition) is 1. The van der Waals surface area contributed by atoms with Crippen LogP contribution in [0.1, 0.15) is 34.6 Å². The zero-order valence-corrected chi connectivity index (χ0v) is 8.01. The molecule has 1 unspecified atom stereocenters. The van der Waals surface area contributed by atoms with Crippen molar-refractivity contribution in [2.45, 2.75) is 34.6 Å². The molecule has 0 aromatic rings. The molecule has 0 bridgehead atoms. The minimum Gasteiger partial charge on any atom is -0.481 e. The summed E-state index contributed by atoms with van der Waals surface area (Å²) in [6.45, 7) is 9.95. The average molecular weight is 158 g/mol. The Morgan fingerprint density at radius 3 is 1.73 bits per heavy atom. The Morgan fingerprint density at radius 2 is 1.64 bits per heavy atom. The van der Waals surface area contributed by atoms with E-state index in [-0.39, 0.29) is 17.3 Å². The van der Waals surface area contributed by atoms with E-state index >= 15 is 0 Å². The first-order chi connectivity index (χ1) is 4.76. The summed E-state index contributed by atoms with van der Waals surface area (Å²) in [6, 6.07) is 0. The van der Waals surface area contributed by atoms with Gasteiger partial charge in [0.15, 0.2) is 0 Å². The summed E-state index contributed by atoms with van der Waals surface area (Å²) >= 11 is 0. The minimum absolute atomic E-state index is 0.0812. The van der Waals surface area contributed by atoms with Crippen molar-refractivity contribution in [1.29, 1.82) is 0 Å². The Balaban J connectivity index is 4.25. The van der Waals surface area contributed by atoms with E-state index in [0.29, 0.717) is 0 Å². The lowest BCUT2D eigenvalue weighted by Crippen LogP contribution is -2.28. The van der Waals surface area contributed by atoms with Gasteiger partial charge in [-0.3, -0.25) is 4.79 Å². The Bertz CT molecular complexity index is 144. The second-order valence-electron chi connectivity index (χ2n) is 4.28. The van der Waals surface area contributed by atoms with E-state index < -0.39 is 5.97 Å². The van der Waals surface area contributed by atoms with E-state index in [0.717, 1.165) is 0 Å². The standard InChI is InChI=1S/C9H18O2/c1-6(8(10)11)7(2)9(3,4)5/h6-7H,1-5H3,(H,10,11)/t6-,7?/m0/s1. The normalized spacial score (nSPS) is 17.5. The summed E-state index contributed by atoms with van der Waals surface area (Å²) in [5.41, 5.74) is 0.0812. The molecule has 0 amide bonds. The van der Waals surface area contributed by atoms with Crippen molar-refractivity contribution in [1.82, 2.24) is 0 Å². The molecule has 0 aromatic carbocycles. The first-order valence-corrected chi connectivity index (χ1v) is 3.99. The van der Waals surface area contributed by atoms with Crippen LogP contribution in [0.2, 0.25) is 0 Å². The topological polar surface area (TPSA) is 37.3 Å². The predicted octanol–water partition coefficient (Wildman–Crippen LogP) is 2.39. The smallest absolute Gasteiger partial charge is 0.306 e. The molecule has 0 rings (SSSR count). The molecule has 0 spiro atoms. The van der Waals surface area contributed by atoms with Gasteiger partial charge in [-0.15, -0.1) is 0 Å². The first kappa shape index (κ1) is 10.5. The highest BCUT2D eigenvalue weighted by atomic mass is 16.4. The van der Waals surface area contributed by atoms with Crippen molar-refractivity contribution in [3.05, 3.63) is 0 Å². The molecule has 66 valence electrons. The van der Waals surface area contributed by atoms with Crippen LogP contribution in [-0.4, -0.2) is 11.1 Å². The van der Waals surface area contributed by atoms with E-state index in [1.54, 1.807) is 6.92 Å². The first-order valence-electron chi connectivity index (χ1n) is 3.99. The summed E-state index contributed by atoms with van der Waals surface area (Å²) in [7, 11) is 0. The van der Waals surface area contributed by atoms with Gasteiger partial charge in [-0.25, -0.2) is 0 Å². The molecule has 0 saturated carbocycles. The Morgan fingerprint density at radius 1 is 1.27 bits per heavy atom. The molecular weight excluding hydrogens is 140 g/mol. The second-order valence-corrected chi connectivity index (χ2v) is 4.28. The molecule has 0 aliphatic carbocycles. The zero-order chi connectivity index (χ0) is 9.23. The lowest BCUT2D eigenvalue weighted by atomic mass is 9.75. The molecule has 2 heteroatoms. The van der Waals surface area contributed by atoms with Crippen LogP contribution in [0.4, 0.5) is 0 Å². The fraction of sp³-hybridized carbons (Fsp3) is 0.889. The highest BCUT2D eigenvalue weighted by molar-refractivity contribution is 5.69. The Hall–Kier alpha value is -0.530. The van der Waals surface area contributed by atoms with E-state index in [1.807, 2.05) is 6.92 Å². The average Bonchev–Trinajstić information content (AvgIpc) is 1.82. The van der Waals surface area contributed by atoms with E-state index in [9.17, 15) is 4.79 Å². The van der Waals surface area contributed by atoms with Gasteiger partial charge in [-0.05, 0) is 11.3 Å². The van der Waals surface area contributed by atoms with Crippen molar-refractivity contribution >= 4 is 5.97 Å². The highest BCUT2D eigenvalue weighted by Crippen LogP contribution is 2.31. The molecule has 0 aliphatic heterocycles. The van der Waals surface area contributed by atoms with E-state index in [4.69, 9.17) is 5.11 Å². The highest BCUT2D eigenvalue weighted by Gasteiger charge is 2.29. The minimum atomic E-state index is -0.701. The largest absolute Gasteiger partial charge is 0.481 e. The van der Waals surface area contributed by atoms with Crippen LogP contribution >= 0.6 is 0 Å². The molecule has 0 aromatic heterocycles. The van der Waals surface area contributed by atoms with Gasteiger partial charge in [0.2, 0.25) is 0 Å². The van der Waals surface area contributed by atoms with Crippen molar-refractivity contribution in [2.24, 2.45) is 17.3 Å². The summed E-state index contributed by atoms with van der Waals surface area (Å²) < 4.78 is 0. The third kappa shape index (κ3) is 2.91. The third-order valence-corrected chi connectivity index (χ3v) is 2.51. The number of carboxylic acid groups (broad SMARTS) is 1. The van der Waals surface area contributed by atoms with Gasteiger partial charge < -0.3 is 5.11 Å². The van der Waals surface area contributed by atoms with Crippen molar-refractivity contribution < 1.29 is 9.90 Å². The van der Waals surface area contributed by atoms with E-state index in [1.165, 1.54) is 0 Å².